The molecule has 3 aromatic heterocycles. The number of benzene rings is 1. The lowest BCUT2D eigenvalue weighted by Crippen LogP contribution is -2.27. The zero-order valence-corrected chi connectivity index (χ0v) is 19.2. The average molecular weight is 503 g/mol. The van der Waals surface area contributed by atoms with Crippen molar-refractivity contribution in [1.82, 2.24) is 29.7 Å². The number of fused-ring (bicyclic) bond motifs is 1. The molecule has 1 aromatic carbocycles. The van der Waals surface area contributed by atoms with Gasteiger partial charge in [-0.15, -0.1) is 0 Å². The molecule has 3 heterocycles. The minimum Gasteiger partial charge on any atom is -0.381 e. The molecule has 1 atom stereocenters. The molecule has 0 amide bonds. The lowest BCUT2D eigenvalue weighted by atomic mass is 10.1. The summed E-state index contributed by atoms with van der Waals surface area (Å²) in [6, 6.07) is 2.05. The first-order chi connectivity index (χ1) is 17.0. The number of hydrogen-bond donors (Lipinski definition) is 2. The van der Waals surface area contributed by atoms with Gasteiger partial charge in [0.1, 0.15) is 11.4 Å². The number of hydrogen-bond acceptors (Lipinski definition) is 7. The number of aryl methyl sites for hydroxylation is 2. The summed E-state index contributed by atoms with van der Waals surface area (Å²) in [7, 11) is 0. The van der Waals surface area contributed by atoms with Gasteiger partial charge in [0.2, 0.25) is 0 Å². The van der Waals surface area contributed by atoms with E-state index >= 15 is 0 Å². The molecule has 0 unspecified atom stereocenters. The van der Waals surface area contributed by atoms with E-state index in [2.05, 4.69) is 25.4 Å². The molecule has 0 radical (unpaired) electrons. The second-order valence-corrected chi connectivity index (χ2v) is 8.35. The first-order valence-electron chi connectivity index (χ1n) is 10.9. The first-order valence-corrected chi connectivity index (χ1v) is 10.9. The molecule has 2 N–H and O–H groups in total. The van der Waals surface area contributed by atoms with E-state index in [9.17, 15) is 27.2 Å². The summed E-state index contributed by atoms with van der Waals surface area (Å²) >= 11 is 0. The predicted molar refractivity (Wildman–Crippen MR) is 124 cm³/mol. The third-order valence-corrected chi connectivity index (χ3v) is 5.51. The van der Waals surface area contributed by atoms with Gasteiger partial charge in [0, 0.05) is 25.0 Å². The molecule has 0 bridgehead atoms. The van der Waals surface area contributed by atoms with Crippen molar-refractivity contribution >= 4 is 16.6 Å². The van der Waals surface area contributed by atoms with Crippen molar-refractivity contribution in [2.75, 3.05) is 5.32 Å². The Balaban J connectivity index is 1.47. The van der Waals surface area contributed by atoms with Crippen molar-refractivity contribution in [3.05, 3.63) is 74.7 Å². The van der Waals surface area contributed by atoms with Crippen LogP contribution in [-0.4, -0.2) is 35.8 Å². The highest BCUT2D eigenvalue weighted by Crippen LogP contribution is 2.31. The Hall–Kier alpha value is -4.16. The fourth-order valence-corrected chi connectivity index (χ4v) is 3.74. The molecule has 0 saturated carbocycles. The standard InChI is InChI=1S/C23H21F4N7O2/c1-12-8-28-20(29-9-12)14-7-17-15(6-16(14)24)22(36)34(11-30-17)5-3-4-13(2)32-18-10-31-33-21(35)19(18)23(25,26)27/h6-11,13H,3-5H2,1-2H3,(H2,32,33,35)/t13-/m0/s1. The van der Waals surface area contributed by atoms with Crippen LogP contribution in [-0.2, 0) is 12.7 Å². The Morgan fingerprint density at radius 2 is 1.83 bits per heavy atom. The molecule has 0 aliphatic rings. The molecule has 0 aliphatic carbocycles. The van der Waals surface area contributed by atoms with E-state index in [1.165, 1.54) is 17.0 Å². The highest BCUT2D eigenvalue weighted by atomic mass is 19.4. The van der Waals surface area contributed by atoms with Gasteiger partial charge in [-0.25, -0.2) is 24.4 Å². The Morgan fingerprint density at radius 3 is 2.53 bits per heavy atom. The zero-order valence-electron chi connectivity index (χ0n) is 19.2. The van der Waals surface area contributed by atoms with E-state index in [0.29, 0.717) is 12.8 Å². The minimum atomic E-state index is -4.84. The second kappa shape index (κ2) is 9.84. The van der Waals surface area contributed by atoms with Gasteiger partial charge >= 0.3 is 6.18 Å². The summed E-state index contributed by atoms with van der Waals surface area (Å²) in [5, 5.41) is 7.94. The number of nitrogens with zero attached hydrogens (tertiary/aromatic N) is 5. The van der Waals surface area contributed by atoms with Gasteiger partial charge in [-0.1, -0.05) is 0 Å². The number of H-pyrrole nitrogens is 1. The molecule has 13 heteroatoms. The molecule has 0 fully saturated rings. The summed E-state index contributed by atoms with van der Waals surface area (Å²) in [5.74, 6) is -0.482. The van der Waals surface area contributed by atoms with Crippen LogP contribution >= 0.6 is 0 Å². The van der Waals surface area contributed by atoms with E-state index < -0.39 is 40.4 Å². The van der Waals surface area contributed by atoms with Gasteiger partial charge in [0.05, 0.1) is 34.7 Å². The van der Waals surface area contributed by atoms with Crippen LogP contribution in [0.5, 0.6) is 0 Å². The average Bonchev–Trinajstić information content (AvgIpc) is 2.80. The number of anilines is 1. The minimum absolute atomic E-state index is 0.0847. The molecular weight excluding hydrogens is 482 g/mol. The zero-order chi connectivity index (χ0) is 26.0. The van der Waals surface area contributed by atoms with Gasteiger partial charge in [-0.2, -0.15) is 18.3 Å². The Kier molecular flexibility index (Phi) is 6.82. The lowest BCUT2D eigenvalue weighted by molar-refractivity contribution is -0.138. The van der Waals surface area contributed by atoms with E-state index in [0.717, 1.165) is 17.8 Å². The number of alkyl halides is 3. The van der Waals surface area contributed by atoms with Crippen LogP contribution < -0.4 is 16.4 Å². The Morgan fingerprint density at radius 1 is 1.11 bits per heavy atom. The van der Waals surface area contributed by atoms with Crippen molar-refractivity contribution in [2.24, 2.45) is 0 Å². The fraction of sp³-hybridized carbons (Fsp3) is 0.304. The highest BCUT2D eigenvalue weighted by molar-refractivity contribution is 5.82. The van der Waals surface area contributed by atoms with Crippen molar-refractivity contribution in [2.45, 2.75) is 45.5 Å². The Labute approximate surface area is 201 Å². The van der Waals surface area contributed by atoms with Crippen LogP contribution in [0.15, 0.2) is 46.6 Å². The van der Waals surface area contributed by atoms with Crippen LogP contribution in [0.1, 0.15) is 30.9 Å². The van der Waals surface area contributed by atoms with Gasteiger partial charge < -0.3 is 5.32 Å². The van der Waals surface area contributed by atoms with Gasteiger partial charge in [-0.3, -0.25) is 14.2 Å². The summed E-state index contributed by atoms with van der Waals surface area (Å²) in [4.78, 5) is 36.9. The topological polar surface area (TPSA) is 118 Å². The second-order valence-electron chi connectivity index (χ2n) is 8.35. The molecule has 36 heavy (non-hydrogen) atoms. The van der Waals surface area contributed by atoms with Crippen LogP contribution in [0.4, 0.5) is 23.2 Å². The van der Waals surface area contributed by atoms with Gasteiger partial charge in [0.25, 0.3) is 11.1 Å². The summed E-state index contributed by atoms with van der Waals surface area (Å²) in [6.07, 6.45) is 1.28. The van der Waals surface area contributed by atoms with Crippen molar-refractivity contribution in [3.8, 4) is 11.4 Å². The van der Waals surface area contributed by atoms with Crippen molar-refractivity contribution in [1.29, 1.82) is 0 Å². The van der Waals surface area contributed by atoms with Crippen LogP contribution in [0.3, 0.4) is 0 Å². The maximum absolute atomic E-state index is 14.8. The molecule has 0 aliphatic heterocycles. The first kappa shape index (κ1) is 24.9. The quantitative estimate of drug-likeness (QED) is 0.369. The molecule has 9 nitrogen and oxygen atoms in total. The lowest BCUT2D eigenvalue weighted by Gasteiger charge is -2.18. The molecule has 4 rings (SSSR count). The highest BCUT2D eigenvalue weighted by Gasteiger charge is 2.37. The predicted octanol–water partition coefficient (Wildman–Crippen LogP) is 3.68. The van der Waals surface area contributed by atoms with Gasteiger partial charge in [-0.05, 0) is 44.4 Å². The normalized spacial score (nSPS) is 12.6. The maximum atomic E-state index is 14.8. The van der Waals surface area contributed by atoms with Crippen LogP contribution in [0.25, 0.3) is 22.3 Å². The Bertz CT molecular complexity index is 1510. The van der Waals surface area contributed by atoms with E-state index in [1.807, 2.05) is 0 Å². The molecular formula is C23H21F4N7O2. The molecule has 4 aromatic rings. The monoisotopic (exact) mass is 503 g/mol. The van der Waals surface area contributed by atoms with E-state index in [1.54, 1.807) is 31.3 Å². The number of halogens is 4. The fourth-order valence-electron chi connectivity index (χ4n) is 3.74. The van der Waals surface area contributed by atoms with Gasteiger partial charge in [0.15, 0.2) is 5.82 Å². The van der Waals surface area contributed by atoms with E-state index in [4.69, 9.17) is 0 Å². The molecule has 188 valence electrons. The number of aromatic amines is 1. The van der Waals surface area contributed by atoms with Crippen molar-refractivity contribution < 1.29 is 17.6 Å². The number of aromatic nitrogens is 6. The third-order valence-electron chi connectivity index (χ3n) is 5.51. The maximum Gasteiger partial charge on any atom is 0.423 e. The van der Waals surface area contributed by atoms with Crippen LogP contribution in [0, 0.1) is 12.7 Å². The SMILES string of the molecule is Cc1cnc(-c2cc3ncn(CCC[C@H](C)Nc4cn[nH]c(=O)c4C(F)(F)F)c(=O)c3cc2F)nc1. The van der Waals surface area contributed by atoms with Crippen LogP contribution in [0.2, 0.25) is 0 Å². The smallest absolute Gasteiger partial charge is 0.381 e. The van der Waals surface area contributed by atoms with Crippen molar-refractivity contribution in [3.63, 3.8) is 0 Å². The number of nitrogens with one attached hydrogen (secondary N) is 2. The summed E-state index contributed by atoms with van der Waals surface area (Å²) < 4.78 is 55.7. The molecule has 0 spiro atoms. The largest absolute Gasteiger partial charge is 0.423 e. The molecule has 0 saturated heterocycles. The summed E-state index contributed by atoms with van der Waals surface area (Å²) in [6.45, 7) is 3.66. The van der Waals surface area contributed by atoms with E-state index in [-0.39, 0.29) is 28.8 Å². The number of rotatable bonds is 7. The third kappa shape index (κ3) is 5.24. The summed E-state index contributed by atoms with van der Waals surface area (Å²) in [5.41, 5.74) is -2.33.